The van der Waals surface area contributed by atoms with Crippen LogP contribution in [0.4, 0.5) is 0 Å². The normalized spacial score (nSPS) is 9.40. The molecule has 0 saturated carbocycles. The van der Waals surface area contributed by atoms with Crippen LogP contribution in [-0.2, 0) is 0 Å². The SMILES string of the molecule is CCCCCCC(=S)NC. The van der Waals surface area contributed by atoms with Crippen LogP contribution >= 0.6 is 12.2 Å². The summed E-state index contributed by atoms with van der Waals surface area (Å²) in [5.74, 6) is 0. The standard InChI is InChI=1S/C8H17NS/c1-3-4-5-6-7-8(10)9-2/h3-7H2,1-2H3,(H,9,10). The molecule has 0 fully saturated rings. The smallest absolute Gasteiger partial charge is 0.0750 e. The van der Waals surface area contributed by atoms with Gasteiger partial charge in [0, 0.05) is 7.05 Å². The van der Waals surface area contributed by atoms with E-state index in [0.29, 0.717) is 0 Å². The fourth-order valence-electron chi connectivity index (χ4n) is 0.837. The van der Waals surface area contributed by atoms with Gasteiger partial charge in [0.15, 0.2) is 0 Å². The summed E-state index contributed by atoms with van der Waals surface area (Å²) in [4.78, 5) is 0.996. The molecule has 0 unspecified atom stereocenters. The Bertz CT molecular complexity index is 91.3. The van der Waals surface area contributed by atoms with Crippen molar-refractivity contribution in [2.75, 3.05) is 7.05 Å². The number of hydrogen-bond acceptors (Lipinski definition) is 1. The maximum Gasteiger partial charge on any atom is 0.0750 e. The maximum absolute atomic E-state index is 4.99. The van der Waals surface area contributed by atoms with E-state index in [9.17, 15) is 0 Å². The highest BCUT2D eigenvalue weighted by atomic mass is 32.1. The molecule has 60 valence electrons. The van der Waals surface area contributed by atoms with Crippen LogP contribution in [0.3, 0.4) is 0 Å². The Morgan fingerprint density at radius 2 is 2.00 bits per heavy atom. The largest absolute Gasteiger partial charge is 0.383 e. The molecular weight excluding hydrogens is 142 g/mol. The van der Waals surface area contributed by atoms with Crippen molar-refractivity contribution in [3.8, 4) is 0 Å². The zero-order chi connectivity index (χ0) is 7.82. The van der Waals surface area contributed by atoms with Gasteiger partial charge in [-0.05, 0) is 12.8 Å². The molecule has 0 radical (unpaired) electrons. The molecule has 0 spiro atoms. The lowest BCUT2D eigenvalue weighted by atomic mass is 10.1. The molecule has 0 aliphatic carbocycles. The highest BCUT2D eigenvalue weighted by Gasteiger charge is 1.91. The Kier molecular flexibility index (Phi) is 6.93. The van der Waals surface area contributed by atoms with Gasteiger partial charge in [-0.1, -0.05) is 38.4 Å². The van der Waals surface area contributed by atoms with Gasteiger partial charge in [0.05, 0.1) is 4.99 Å². The van der Waals surface area contributed by atoms with Crippen LogP contribution in [0.2, 0.25) is 0 Å². The predicted molar refractivity (Wildman–Crippen MR) is 50.4 cm³/mol. The van der Waals surface area contributed by atoms with Gasteiger partial charge < -0.3 is 5.32 Å². The van der Waals surface area contributed by atoms with Crippen molar-refractivity contribution in [2.24, 2.45) is 0 Å². The van der Waals surface area contributed by atoms with E-state index in [0.717, 1.165) is 11.4 Å². The van der Waals surface area contributed by atoms with Crippen LogP contribution in [0.1, 0.15) is 39.0 Å². The van der Waals surface area contributed by atoms with E-state index >= 15 is 0 Å². The molecule has 1 nitrogen and oxygen atoms in total. The van der Waals surface area contributed by atoms with E-state index in [4.69, 9.17) is 12.2 Å². The summed E-state index contributed by atoms with van der Waals surface area (Å²) >= 11 is 4.99. The quantitative estimate of drug-likeness (QED) is 0.488. The van der Waals surface area contributed by atoms with Crippen molar-refractivity contribution in [1.29, 1.82) is 0 Å². The Labute approximate surface area is 69.2 Å². The fraction of sp³-hybridized carbons (Fsp3) is 0.875. The van der Waals surface area contributed by atoms with Gasteiger partial charge in [-0.25, -0.2) is 0 Å². The van der Waals surface area contributed by atoms with Gasteiger partial charge in [0.25, 0.3) is 0 Å². The van der Waals surface area contributed by atoms with Crippen molar-refractivity contribution in [3.63, 3.8) is 0 Å². The van der Waals surface area contributed by atoms with Crippen LogP contribution < -0.4 is 5.32 Å². The van der Waals surface area contributed by atoms with Crippen molar-refractivity contribution >= 4 is 17.2 Å². The van der Waals surface area contributed by atoms with Crippen LogP contribution in [0, 0.1) is 0 Å². The van der Waals surface area contributed by atoms with E-state index in [1.54, 1.807) is 0 Å². The average Bonchev–Trinajstić information content (AvgIpc) is 1.98. The lowest BCUT2D eigenvalue weighted by molar-refractivity contribution is 0.681. The molecule has 0 aromatic heterocycles. The molecular formula is C8H17NS. The van der Waals surface area contributed by atoms with E-state index < -0.39 is 0 Å². The monoisotopic (exact) mass is 159 g/mol. The zero-order valence-corrected chi connectivity index (χ0v) is 7.76. The van der Waals surface area contributed by atoms with E-state index in [2.05, 4.69) is 12.2 Å². The first kappa shape index (κ1) is 9.89. The molecule has 0 rings (SSSR count). The molecule has 0 aliphatic heterocycles. The lowest BCUT2D eigenvalue weighted by Crippen LogP contribution is -2.14. The molecule has 10 heavy (non-hydrogen) atoms. The van der Waals surface area contributed by atoms with E-state index in [1.165, 1.54) is 25.7 Å². The van der Waals surface area contributed by atoms with Gasteiger partial charge in [0.1, 0.15) is 0 Å². The average molecular weight is 159 g/mol. The minimum absolute atomic E-state index is 0.996. The van der Waals surface area contributed by atoms with Gasteiger partial charge in [-0.3, -0.25) is 0 Å². The maximum atomic E-state index is 4.99. The number of rotatable bonds is 5. The summed E-state index contributed by atoms with van der Waals surface area (Å²) in [6.45, 7) is 2.22. The van der Waals surface area contributed by atoms with E-state index in [-0.39, 0.29) is 0 Å². The Hall–Kier alpha value is -0.110. The second kappa shape index (κ2) is 7.00. The van der Waals surface area contributed by atoms with Crippen molar-refractivity contribution < 1.29 is 0 Å². The molecule has 0 atom stereocenters. The topological polar surface area (TPSA) is 12.0 Å². The minimum Gasteiger partial charge on any atom is -0.383 e. The third-order valence-corrected chi connectivity index (χ3v) is 1.94. The van der Waals surface area contributed by atoms with Crippen molar-refractivity contribution in [2.45, 2.75) is 39.0 Å². The van der Waals surface area contributed by atoms with Crippen molar-refractivity contribution in [3.05, 3.63) is 0 Å². The Morgan fingerprint density at radius 3 is 2.50 bits per heavy atom. The van der Waals surface area contributed by atoms with Gasteiger partial charge in [-0.2, -0.15) is 0 Å². The number of thiocarbonyl (C=S) groups is 1. The highest BCUT2D eigenvalue weighted by molar-refractivity contribution is 7.80. The number of hydrogen-bond donors (Lipinski definition) is 1. The van der Waals surface area contributed by atoms with Gasteiger partial charge in [-0.15, -0.1) is 0 Å². The summed E-state index contributed by atoms with van der Waals surface area (Å²) in [6, 6.07) is 0. The second-order valence-electron chi connectivity index (χ2n) is 2.48. The molecule has 0 amide bonds. The zero-order valence-electron chi connectivity index (χ0n) is 6.94. The van der Waals surface area contributed by atoms with Crippen molar-refractivity contribution in [1.82, 2.24) is 5.32 Å². The second-order valence-corrected chi connectivity index (χ2v) is 2.98. The Balaban J connectivity index is 2.96. The van der Waals surface area contributed by atoms with Gasteiger partial charge >= 0.3 is 0 Å². The molecule has 0 aromatic rings. The summed E-state index contributed by atoms with van der Waals surface area (Å²) in [7, 11) is 1.89. The first-order chi connectivity index (χ1) is 4.81. The van der Waals surface area contributed by atoms with Crippen LogP contribution in [0.15, 0.2) is 0 Å². The predicted octanol–water partition coefficient (Wildman–Crippen LogP) is 2.50. The first-order valence-corrected chi connectivity index (χ1v) is 4.42. The summed E-state index contributed by atoms with van der Waals surface area (Å²) in [6.07, 6.45) is 6.26. The highest BCUT2D eigenvalue weighted by Crippen LogP contribution is 2.02. The van der Waals surface area contributed by atoms with E-state index in [1.807, 2.05) is 7.05 Å². The minimum atomic E-state index is 0.996. The molecule has 1 N–H and O–H groups in total. The molecule has 0 heterocycles. The fourth-order valence-corrected chi connectivity index (χ4v) is 0.982. The van der Waals surface area contributed by atoms with Crippen LogP contribution in [-0.4, -0.2) is 12.0 Å². The summed E-state index contributed by atoms with van der Waals surface area (Å²) < 4.78 is 0. The third kappa shape index (κ3) is 6.02. The van der Waals surface area contributed by atoms with Gasteiger partial charge in [0.2, 0.25) is 0 Å². The molecule has 0 aliphatic rings. The molecule has 0 saturated heterocycles. The van der Waals surface area contributed by atoms with Crippen LogP contribution in [0.5, 0.6) is 0 Å². The first-order valence-electron chi connectivity index (χ1n) is 4.01. The lowest BCUT2D eigenvalue weighted by Gasteiger charge is -2.00. The number of unbranched alkanes of at least 4 members (excludes halogenated alkanes) is 3. The molecule has 0 bridgehead atoms. The molecule has 2 heteroatoms. The Morgan fingerprint density at radius 1 is 1.30 bits per heavy atom. The third-order valence-electron chi connectivity index (χ3n) is 1.54. The summed E-state index contributed by atoms with van der Waals surface area (Å²) in [5, 5.41) is 2.97. The molecule has 0 aromatic carbocycles. The van der Waals surface area contributed by atoms with Crippen LogP contribution in [0.25, 0.3) is 0 Å². The summed E-state index contributed by atoms with van der Waals surface area (Å²) in [5.41, 5.74) is 0. The number of nitrogens with one attached hydrogen (secondary N) is 1.